The highest BCUT2D eigenvalue weighted by Gasteiger charge is 2.26. The number of hydrogen-bond acceptors (Lipinski definition) is 8. The highest BCUT2D eigenvalue weighted by Crippen LogP contribution is 2.43. The lowest BCUT2D eigenvalue weighted by Gasteiger charge is -2.19. The monoisotopic (exact) mass is 1140 g/mol. The van der Waals surface area contributed by atoms with Gasteiger partial charge < -0.3 is 20.1 Å². The zero-order chi connectivity index (χ0) is 58.7. The molecule has 0 aromatic carbocycles. The molecule has 0 spiro atoms. The van der Waals surface area contributed by atoms with Gasteiger partial charge in [-0.2, -0.15) is 0 Å². The zero-order valence-electron chi connectivity index (χ0n) is 50.7. The predicted molar refractivity (Wildman–Crippen MR) is 348 cm³/mol. The molecule has 0 fully saturated rings. The minimum atomic E-state index is -4.42. The maximum absolute atomic E-state index is 12.7. The number of hydrogen-bond donors (Lipinski definition) is 2. The lowest BCUT2D eigenvalue weighted by molar-refractivity contribution is -0.161. The van der Waals surface area contributed by atoms with Crippen LogP contribution in [0.3, 0.4) is 0 Å². The van der Waals surface area contributed by atoms with Crippen LogP contribution in [0, 0.1) is 0 Å². The highest BCUT2D eigenvalue weighted by atomic mass is 31.2. The highest BCUT2D eigenvalue weighted by molar-refractivity contribution is 7.47. The summed E-state index contributed by atoms with van der Waals surface area (Å²) in [4.78, 5) is 35.2. The second-order valence-electron chi connectivity index (χ2n) is 19.8. The summed E-state index contributed by atoms with van der Waals surface area (Å²) in [7, 11) is -4.42. The summed E-state index contributed by atoms with van der Waals surface area (Å²) in [6.07, 6.45) is 96.7. The maximum atomic E-state index is 12.7. The Morgan fingerprint density at radius 1 is 0.383 bits per heavy atom. The van der Waals surface area contributed by atoms with E-state index in [-0.39, 0.29) is 32.6 Å². The van der Waals surface area contributed by atoms with E-state index >= 15 is 0 Å². The number of unbranched alkanes of at least 4 members (excludes halogenated alkanes) is 13. The molecule has 3 N–H and O–H groups in total. The topological polar surface area (TPSA) is 134 Å². The number of nitrogens with two attached hydrogens (primary N) is 1. The van der Waals surface area contributed by atoms with Crippen molar-refractivity contribution in [1.82, 2.24) is 0 Å². The van der Waals surface area contributed by atoms with Crippen molar-refractivity contribution in [3.63, 3.8) is 0 Å². The van der Waals surface area contributed by atoms with Gasteiger partial charge in [-0.15, -0.1) is 0 Å². The van der Waals surface area contributed by atoms with E-state index < -0.39 is 32.5 Å². The number of carbonyl (C=O) groups is 2. The standard InChI is InChI=1S/C71H112NO8P/c1-3-5-7-9-11-13-15-17-19-21-23-25-26-27-28-29-30-31-32-33-34-35-36-37-38-39-40-41-42-44-46-48-50-52-54-56-58-60-62-64-71(74)80-69(68-79-81(75,76)78-66-65-72)67-77-70(73)63-61-59-57-55-53-51-49-47-45-43-24-22-20-18-16-14-12-10-8-6-4-2/h5,7,11,13,16-19,22-25,27-28,30-31,33-34,36-37,39-40,42,44-45,47-48,50,54,56,69H,3-4,6,8-10,12,14-15,20-21,26,29,32,35,38,41,43,46,49,51-53,55,57-68,72H2,1-2H3,(H,75,76)/b7-5-,13-11-,18-16-,19-17-,24-22-,25-23-,28-27-,31-30-,34-33-,37-36-,40-39-,44-42-,47-45-,50-48-,56-54-. The molecule has 0 heterocycles. The molecule has 0 saturated carbocycles. The van der Waals surface area contributed by atoms with E-state index in [4.69, 9.17) is 24.3 Å². The summed E-state index contributed by atoms with van der Waals surface area (Å²) >= 11 is 0. The first-order valence-corrected chi connectivity index (χ1v) is 32.8. The second kappa shape index (κ2) is 64.3. The molecule has 0 radical (unpaired) electrons. The predicted octanol–water partition coefficient (Wildman–Crippen LogP) is 20.4. The number of carbonyl (C=O) groups excluding carboxylic acids is 2. The minimum Gasteiger partial charge on any atom is -0.462 e. The van der Waals surface area contributed by atoms with E-state index in [9.17, 15) is 19.0 Å². The van der Waals surface area contributed by atoms with Crippen LogP contribution in [0.2, 0.25) is 0 Å². The molecular weight excluding hydrogens is 1030 g/mol. The molecular formula is C71H112NO8P. The van der Waals surface area contributed by atoms with E-state index in [1.54, 1.807) is 0 Å². The van der Waals surface area contributed by atoms with E-state index in [1.807, 2.05) is 0 Å². The third kappa shape index (κ3) is 64.1. The van der Waals surface area contributed by atoms with Crippen LogP contribution in [-0.4, -0.2) is 49.3 Å². The number of allylic oxidation sites excluding steroid dienone is 30. The summed E-state index contributed by atoms with van der Waals surface area (Å²) in [5.74, 6) is -0.908. The fourth-order valence-electron chi connectivity index (χ4n) is 7.68. The third-order valence-electron chi connectivity index (χ3n) is 12.3. The van der Waals surface area contributed by atoms with Crippen molar-refractivity contribution in [2.24, 2.45) is 5.73 Å². The molecule has 0 aliphatic carbocycles. The Hall–Kier alpha value is -4.89. The SMILES string of the molecule is CC/C=C\C/C=C\C/C=C\C/C=C\C/C=C\C/C=C\C/C=C\C/C=C\C/C=C\C/C=C\C/C=C\C/C=C\CCCCC(=O)OC(COC(=O)CCCCCCCC/C=C\C/C=C\C/C=C\CCCCCCC)COP(=O)(O)OCCN. The van der Waals surface area contributed by atoms with Gasteiger partial charge in [0.15, 0.2) is 6.10 Å². The van der Waals surface area contributed by atoms with Crippen molar-refractivity contribution >= 4 is 19.8 Å². The molecule has 0 aliphatic heterocycles. The Kier molecular flexibility index (Phi) is 60.4. The molecule has 9 nitrogen and oxygen atoms in total. The van der Waals surface area contributed by atoms with Crippen LogP contribution in [-0.2, 0) is 32.7 Å². The Morgan fingerprint density at radius 3 is 1.04 bits per heavy atom. The van der Waals surface area contributed by atoms with Crippen molar-refractivity contribution in [3.8, 4) is 0 Å². The summed E-state index contributed by atoms with van der Waals surface area (Å²) in [5, 5.41) is 0. The van der Waals surface area contributed by atoms with Crippen LogP contribution in [0.5, 0.6) is 0 Å². The van der Waals surface area contributed by atoms with Crippen molar-refractivity contribution < 1.29 is 37.6 Å². The van der Waals surface area contributed by atoms with Gasteiger partial charge in [0, 0.05) is 19.4 Å². The van der Waals surface area contributed by atoms with Crippen LogP contribution in [0.25, 0.3) is 0 Å². The fraction of sp³-hybridized carbons (Fsp3) is 0.549. The van der Waals surface area contributed by atoms with Crippen LogP contribution in [0.15, 0.2) is 182 Å². The first kappa shape index (κ1) is 76.1. The molecule has 2 unspecified atom stereocenters. The van der Waals surface area contributed by atoms with Crippen molar-refractivity contribution in [2.75, 3.05) is 26.4 Å². The van der Waals surface area contributed by atoms with Gasteiger partial charge in [-0.05, 0) is 141 Å². The first-order valence-electron chi connectivity index (χ1n) is 31.3. The van der Waals surface area contributed by atoms with Gasteiger partial charge in [0.2, 0.25) is 0 Å². The number of esters is 2. The van der Waals surface area contributed by atoms with Crippen LogP contribution in [0.4, 0.5) is 0 Å². The molecule has 0 rings (SSSR count). The number of rotatable bonds is 56. The molecule has 0 bridgehead atoms. The van der Waals surface area contributed by atoms with Gasteiger partial charge in [0.05, 0.1) is 13.2 Å². The van der Waals surface area contributed by atoms with Gasteiger partial charge in [-0.1, -0.05) is 247 Å². The third-order valence-corrected chi connectivity index (χ3v) is 13.3. The number of ether oxygens (including phenoxy) is 2. The summed E-state index contributed by atoms with van der Waals surface area (Å²) < 4.78 is 33.0. The molecule has 81 heavy (non-hydrogen) atoms. The molecule has 0 aliphatic rings. The van der Waals surface area contributed by atoms with E-state index in [2.05, 4.69) is 196 Å². The summed E-state index contributed by atoms with van der Waals surface area (Å²) in [6, 6.07) is 0. The van der Waals surface area contributed by atoms with Crippen molar-refractivity contribution in [3.05, 3.63) is 182 Å². The van der Waals surface area contributed by atoms with E-state index in [1.165, 1.54) is 38.5 Å². The van der Waals surface area contributed by atoms with Crippen LogP contribution >= 0.6 is 7.82 Å². The second-order valence-corrected chi connectivity index (χ2v) is 21.3. The summed E-state index contributed by atoms with van der Waals surface area (Å²) in [5.41, 5.74) is 5.38. The first-order chi connectivity index (χ1) is 39.8. The largest absolute Gasteiger partial charge is 0.472 e. The lowest BCUT2D eigenvalue weighted by atomic mass is 10.1. The Morgan fingerprint density at radius 2 is 0.679 bits per heavy atom. The van der Waals surface area contributed by atoms with Crippen molar-refractivity contribution in [2.45, 2.75) is 225 Å². The molecule has 454 valence electrons. The fourth-order valence-corrected chi connectivity index (χ4v) is 8.45. The average Bonchev–Trinajstić information content (AvgIpc) is 3.46. The number of phosphoric ester groups is 1. The van der Waals surface area contributed by atoms with Gasteiger partial charge in [0.25, 0.3) is 0 Å². The molecule has 10 heteroatoms. The summed E-state index contributed by atoms with van der Waals surface area (Å²) in [6.45, 7) is 3.52. The molecule has 0 aromatic rings. The van der Waals surface area contributed by atoms with Crippen LogP contribution in [0.1, 0.15) is 219 Å². The molecule has 2 atom stereocenters. The molecule has 0 amide bonds. The Balaban J connectivity index is 4.13. The van der Waals surface area contributed by atoms with Gasteiger partial charge in [0.1, 0.15) is 6.61 Å². The van der Waals surface area contributed by atoms with E-state index in [0.717, 1.165) is 141 Å². The number of phosphoric acid groups is 1. The van der Waals surface area contributed by atoms with Gasteiger partial charge in [-0.25, -0.2) is 4.57 Å². The molecule has 0 saturated heterocycles. The van der Waals surface area contributed by atoms with Gasteiger partial charge >= 0.3 is 19.8 Å². The Labute approximate surface area is 494 Å². The Bertz CT molecular complexity index is 1980. The maximum Gasteiger partial charge on any atom is 0.472 e. The zero-order valence-corrected chi connectivity index (χ0v) is 51.6. The lowest BCUT2D eigenvalue weighted by Crippen LogP contribution is -2.29. The van der Waals surface area contributed by atoms with E-state index in [0.29, 0.717) is 12.8 Å². The average molecular weight is 1140 g/mol. The minimum absolute atomic E-state index is 0.0339. The van der Waals surface area contributed by atoms with Gasteiger partial charge in [-0.3, -0.25) is 18.6 Å². The quantitative estimate of drug-likeness (QED) is 0.0264. The van der Waals surface area contributed by atoms with Crippen molar-refractivity contribution in [1.29, 1.82) is 0 Å². The normalized spacial score (nSPS) is 14.3. The van der Waals surface area contributed by atoms with Crippen LogP contribution < -0.4 is 5.73 Å². The molecule has 0 aromatic heterocycles. The smallest absolute Gasteiger partial charge is 0.462 e.